The van der Waals surface area contributed by atoms with Crippen molar-refractivity contribution in [3.05, 3.63) is 12.4 Å². The van der Waals surface area contributed by atoms with E-state index in [9.17, 15) is 0 Å². The molecule has 4 nitrogen and oxygen atoms in total. The van der Waals surface area contributed by atoms with E-state index >= 15 is 0 Å². The molecule has 2 unspecified atom stereocenters. The van der Waals surface area contributed by atoms with Gasteiger partial charge in [-0.25, -0.2) is 0 Å². The highest BCUT2D eigenvalue weighted by Gasteiger charge is 2.23. The van der Waals surface area contributed by atoms with E-state index < -0.39 is 0 Å². The normalized spacial score (nSPS) is 28.1. The zero-order chi connectivity index (χ0) is 10.1. The van der Waals surface area contributed by atoms with Crippen molar-refractivity contribution in [2.24, 2.45) is 18.7 Å². The molecule has 0 saturated carbocycles. The van der Waals surface area contributed by atoms with Crippen molar-refractivity contribution in [3.8, 4) is 0 Å². The molecular formula is C10H18N4. The summed E-state index contributed by atoms with van der Waals surface area (Å²) in [6.45, 7) is 4.32. The van der Waals surface area contributed by atoms with E-state index in [2.05, 4.69) is 23.1 Å². The van der Waals surface area contributed by atoms with Gasteiger partial charge in [0.2, 0.25) is 0 Å². The molecule has 1 aliphatic heterocycles. The second-order valence-corrected chi connectivity index (χ2v) is 4.25. The van der Waals surface area contributed by atoms with Crippen LogP contribution in [0.15, 0.2) is 12.4 Å². The molecule has 0 bridgehead atoms. The third kappa shape index (κ3) is 1.75. The van der Waals surface area contributed by atoms with E-state index in [0.717, 1.165) is 19.5 Å². The minimum atomic E-state index is 0.364. The summed E-state index contributed by atoms with van der Waals surface area (Å²) >= 11 is 0. The van der Waals surface area contributed by atoms with Gasteiger partial charge >= 0.3 is 0 Å². The molecular weight excluding hydrogens is 176 g/mol. The zero-order valence-electron chi connectivity index (χ0n) is 8.85. The Kier molecular flexibility index (Phi) is 2.46. The predicted octanol–water partition coefficient (Wildman–Crippen LogP) is 0.594. The molecule has 0 aromatic carbocycles. The minimum absolute atomic E-state index is 0.364. The summed E-state index contributed by atoms with van der Waals surface area (Å²) in [6.07, 6.45) is 5.06. The third-order valence-electron chi connectivity index (χ3n) is 3.03. The molecule has 0 amide bonds. The van der Waals surface area contributed by atoms with Crippen LogP contribution in [-0.2, 0) is 7.05 Å². The Hall–Kier alpha value is -1.03. The smallest absolute Gasteiger partial charge is 0.0752 e. The van der Waals surface area contributed by atoms with Crippen LogP contribution in [0.4, 0.5) is 5.69 Å². The Morgan fingerprint density at radius 3 is 2.93 bits per heavy atom. The van der Waals surface area contributed by atoms with Gasteiger partial charge in [-0.05, 0) is 12.3 Å². The Bertz CT molecular complexity index is 307. The molecule has 0 aliphatic carbocycles. The van der Waals surface area contributed by atoms with E-state index in [0.29, 0.717) is 12.0 Å². The van der Waals surface area contributed by atoms with Gasteiger partial charge in [-0.1, -0.05) is 6.92 Å². The van der Waals surface area contributed by atoms with Gasteiger partial charge in [0.1, 0.15) is 0 Å². The fourth-order valence-corrected chi connectivity index (χ4v) is 1.97. The van der Waals surface area contributed by atoms with Crippen molar-refractivity contribution < 1.29 is 0 Å². The van der Waals surface area contributed by atoms with Gasteiger partial charge in [0.25, 0.3) is 0 Å². The van der Waals surface area contributed by atoms with Crippen molar-refractivity contribution in [1.82, 2.24) is 9.78 Å². The lowest BCUT2D eigenvalue weighted by Crippen LogP contribution is -2.45. The highest BCUT2D eigenvalue weighted by molar-refractivity contribution is 5.42. The predicted molar refractivity (Wildman–Crippen MR) is 57.2 cm³/mol. The zero-order valence-corrected chi connectivity index (χ0v) is 8.85. The Morgan fingerprint density at radius 1 is 1.57 bits per heavy atom. The quantitative estimate of drug-likeness (QED) is 0.712. The fraction of sp³-hybridized carbons (Fsp3) is 0.700. The summed E-state index contributed by atoms with van der Waals surface area (Å²) in [6, 6.07) is 0.364. The number of aromatic nitrogens is 2. The maximum Gasteiger partial charge on any atom is 0.0752 e. The first-order chi connectivity index (χ1) is 6.66. The number of hydrogen-bond donors (Lipinski definition) is 1. The second kappa shape index (κ2) is 3.61. The second-order valence-electron chi connectivity index (χ2n) is 4.25. The van der Waals surface area contributed by atoms with E-state index in [4.69, 9.17) is 5.73 Å². The topological polar surface area (TPSA) is 47.1 Å². The van der Waals surface area contributed by atoms with Crippen LogP contribution in [-0.4, -0.2) is 28.9 Å². The number of aryl methyl sites for hydroxylation is 1. The molecule has 78 valence electrons. The first-order valence-electron chi connectivity index (χ1n) is 5.16. The van der Waals surface area contributed by atoms with Crippen LogP contribution >= 0.6 is 0 Å². The summed E-state index contributed by atoms with van der Waals surface area (Å²) in [5.74, 6) is 0.573. The first-order valence-corrected chi connectivity index (χ1v) is 5.16. The van der Waals surface area contributed by atoms with Crippen LogP contribution in [0.1, 0.15) is 13.3 Å². The van der Waals surface area contributed by atoms with E-state index in [1.807, 2.05) is 17.9 Å². The summed E-state index contributed by atoms with van der Waals surface area (Å²) in [4.78, 5) is 2.36. The first kappa shape index (κ1) is 9.52. The minimum Gasteiger partial charge on any atom is -0.369 e. The van der Waals surface area contributed by atoms with Crippen LogP contribution in [0.3, 0.4) is 0 Å². The van der Waals surface area contributed by atoms with Crippen molar-refractivity contribution in [3.63, 3.8) is 0 Å². The summed E-state index contributed by atoms with van der Waals surface area (Å²) in [7, 11) is 1.95. The van der Waals surface area contributed by atoms with Gasteiger partial charge in [-0.3, -0.25) is 4.68 Å². The van der Waals surface area contributed by atoms with Crippen molar-refractivity contribution in [2.75, 3.05) is 18.0 Å². The van der Waals surface area contributed by atoms with Gasteiger partial charge in [-0.2, -0.15) is 5.10 Å². The van der Waals surface area contributed by atoms with Crippen molar-refractivity contribution in [2.45, 2.75) is 19.4 Å². The van der Waals surface area contributed by atoms with Crippen LogP contribution < -0.4 is 10.6 Å². The molecule has 2 atom stereocenters. The molecule has 2 N–H and O–H groups in total. The molecule has 4 heteroatoms. The maximum atomic E-state index is 5.98. The number of rotatable bonds is 1. The van der Waals surface area contributed by atoms with Crippen molar-refractivity contribution >= 4 is 5.69 Å². The Morgan fingerprint density at radius 2 is 2.36 bits per heavy atom. The number of nitrogens with two attached hydrogens (primary N) is 1. The average molecular weight is 194 g/mol. The van der Waals surface area contributed by atoms with E-state index in [1.165, 1.54) is 5.69 Å². The molecule has 2 rings (SSSR count). The van der Waals surface area contributed by atoms with E-state index in [1.54, 1.807) is 0 Å². The Balaban J connectivity index is 2.06. The summed E-state index contributed by atoms with van der Waals surface area (Å²) < 4.78 is 1.84. The molecule has 0 radical (unpaired) electrons. The highest BCUT2D eigenvalue weighted by Crippen LogP contribution is 2.21. The number of nitrogens with zero attached hydrogens (tertiary/aromatic N) is 3. The SMILES string of the molecule is CC1CN(c2cnn(C)c2)CCC1N. The standard InChI is InChI=1S/C10H18N4/c1-8-6-14(4-3-10(8)11)9-5-12-13(2)7-9/h5,7-8,10H,3-4,6,11H2,1-2H3. The van der Waals surface area contributed by atoms with Crippen LogP contribution in [0.25, 0.3) is 0 Å². The van der Waals surface area contributed by atoms with Crippen LogP contribution in [0, 0.1) is 5.92 Å². The van der Waals surface area contributed by atoms with Gasteiger partial charge in [0.05, 0.1) is 11.9 Å². The molecule has 2 heterocycles. The van der Waals surface area contributed by atoms with Gasteiger partial charge < -0.3 is 10.6 Å². The number of piperidine rings is 1. The van der Waals surface area contributed by atoms with Crippen molar-refractivity contribution in [1.29, 1.82) is 0 Å². The fourth-order valence-electron chi connectivity index (χ4n) is 1.97. The Labute approximate surface area is 84.7 Å². The lowest BCUT2D eigenvalue weighted by Gasteiger charge is -2.35. The monoisotopic (exact) mass is 194 g/mol. The highest BCUT2D eigenvalue weighted by atomic mass is 15.3. The maximum absolute atomic E-state index is 5.98. The molecule has 1 aromatic rings. The van der Waals surface area contributed by atoms with Gasteiger partial charge in [0, 0.05) is 32.4 Å². The molecule has 14 heavy (non-hydrogen) atoms. The number of hydrogen-bond acceptors (Lipinski definition) is 3. The third-order valence-corrected chi connectivity index (χ3v) is 3.03. The number of anilines is 1. The average Bonchev–Trinajstić information content (AvgIpc) is 2.57. The van der Waals surface area contributed by atoms with Gasteiger partial charge in [0.15, 0.2) is 0 Å². The molecule has 1 saturated heterocycles. The molecule has 1 aliphatic rings. The molecule has 1 fully saturated rings. The van der Waals surface area contributed by atoms with E-state index in [-0.39, 0.29) is 0 Å². The largest absolute Gasteiger partial charge is 0.369 e. The van der Waals surface area contributed by atoms with Crippen LogP contribution in [0.5, 0.6) is 0 Å². The molecule has 0 spiro atoms. The van der Waals surface area contributed by atoms with Crippen LogP contribution in [0.2, 0.25) is 0 Å². The summed E-state index contributed by atoms with van der Waals surface area (Å²) in [5.41, 5.74) is 7.19. The lowest BCUT2D eigenvalue weighted by molar-refractivity contribution is 0.383. The summed E-state index contributed by atoms with van der Waals surface area (Å²) in [5, 5.41) is 4.18. The lowest BCUT2D eigenvalue weighted by atomic mass is 9.95. The van der Waals surface area contributed by atoms with Gasteiger partial charge in [-0.15, -0.1) is 0 Å². The molecule has 1 aromatic heterocycles.